The first kappa shape index (κ1) is 37.7. The Hall–Kier alpha value is -4.65. The highest BCUT2D eigenvalue weighted by atomic mass is 32.1. The van der Waals surface area contributed by atoms with Gasteiger partial charge in [0.15, 0.2) is 5.78 Å². The predicted octanol–water partition coefficient (Wildman–Crippen LogP) is 6.11. The number of aromatic amines is 1. The second kappa shape index (κ2) is 17.2. The molecule has 0 radical (unpaired) electrons. The molecule has 0 saturated carbocycles. The number of carbonyl (C=O) groups is 2. The van der Waals surface area contributed by atoms with E-state index in [9.17, 15) is 24.6 Å². The second-order valence-electron chi connectivity index (χ2n) is 14.5. The van der Waals surface area contributed by atoms with Crippen LogP contribution in [0.5, 0.6) is 5.75 Å². The van der Waals surface area contributed by atoms with Crippen molar-refractivity contribution >= 4 is 34.0 Å². The second-order valence-corrected chi connectivity index (χ2v) is 15.6. The summed E-state index contributed by atoms with van der Waals surface area (Å²) >= 11 is 1.48. The molecule has 0 spiro atoms. The van der Waals surface area contributed by atoms with Crippen molar-refractivity contribution in [1.82, 2.24) is 20.5 Å². The summed E-state index contributed by atoms with van der Waals surface area (Å²) in [5.74, 6) is -0.139. The van der Waals surface area contributed by atoms with Crippen LogP contribution in [0.4, 0.5) is 0 Å². The Balaban J connectivity index is 0.865. The van der Waals surface area contributed by atoms with Gasteiger partial charge in [-0.2, -0.15) is 0 Å². The number of likely N-dealkylation sites (tertiary alicyclic amines) is 1. The summed E-state index contributed by atoms with van der Waals surface area (Å²) in [5.41, 5.74) is 3.09. The first-order valence-electron chi connectivity index (χ1n) is 19.0. The molecule has 2 aliphatic rings. The first-order valence-corrected chi connectivity index (χ1v) is 19.8. The van der Waals surface area contributed by atoms with Crippen LogP contribution in [0.1, 0.15) is 81.4 Å². The zero-order chi connectivity index (χ0) is 37.5. The lowest BCUT2D eigenvalue weighted by atomic mass is 9.91. The Labute approximate surface area is 319 Å². The smallest absolute Gasteiger partial charge is 0.331 e. The van der Waals surface area contributed by atoms with Crippen LogP contribution < -0.4 is 16.2 Å². The molecule has 11 heteroatoms. The molecule has 0 amide bonds. The van der Waals surface area contributed by atoms with Gasteiger partial charge in [0.1, 0.15) is 17.4 Å². The zero-order valence-corrected chi connectivity index (χ0v) is 31.2. The van der Waals surface area contributed by atoms with E-state index in [-0.39, 0.29) is 29.2 Å². The normalized spacial score (nSPS) is 18.9. The molecule has 1 unspecified atom stereocenters. The van der Waals surface area contributed by atoms with E-state index < -0.39 is 11.6 Å². The number of phenols is 1. The lowest BCUT2D eigenvalue weighted by molar-refractivity contribution is -0.157. The van der Waals surface area contributed by atoms with Crippen LogP contribution in [0.3, 0.4) is 0 Å². The molecule has 282 valence electrons. The van der Waals surface area contributed by atoms with Crippen molar-refractivity contribution in [3.05, 3.63) is 133 Å². The molecule has 5 N–H and O–H groups in total. The number of nitrogens with zero attached hydrogens (tertiary/aromatic N) is 1. The number of hydrogen-bond donors (Lipinski definition) is 5. The van der Waals surface area contributed by atoms with E-state index in [0.29, 0.717) is 48.9 Å². The number of unbranched alkanes of at least 4 members (excludes halogenated alkanes) is 2. The van der Waals surface area contributed by atoms with Crippen molar-refractivity contribution in [2.45, 2.75) is 75.8 Å². The first-order chi connectivity index (χ1) is 26.3. The van der Waals surface area contributed by atoms with E-state index >= 15 is 0 Å². The largest absolute Gasteiger partial charge is 0.506 e. The Morgan fingerprint density at radius 1 is 0.981 bits per heavy atom. The molecule has 1 aliphatic heterocycles. The maximum atomic E-state index is 14.1. The molecule has 0 bridgehead atoms. The molecule has 3 heterocycles. The van der Waals surface area contributed by atoms with E-state index in [2.05, 4.69) is 50.8 Å². The summed E-state index contributed by atoms with van der Waals surface area (Å²) < 4.78 is 6.26. The lowest BCUT2D eigenvalue weighted by Crippen LogP contribution is -2.49. The van der Waals surface area contributed by atoms with Crippen molar-refractivity contribution in [3.8, 4) is 5.75 Å². The number of aliphatic hydroxyl groups is 1. The van der Waals surface area contributed by atoms with Crippen LogP contribution in [0, 0.1) is 0 Å². The Morgan fingerprint density at radius 2 is 1.81 bits per heavy atom. The maximum absolute atomic E-state index is 14.1. The number of fused-ring (bicyclic) bond motifs is 2. The number of rotatable bonds is 17. The van der Waals surface area contributed by atoms with Crippen molar-refractivity contribution < 1.29 is 24.5 Å². The molecular weight excluding hydrogens is 701 g/mol. The predicted molar refractivity (Wildman–Crippen MR) is 211 cm³/mol. The molecule has 10 nitrogen and oxygen atoms in total. The van der Waals surface area contributed by atoms with Crippen LogP contribution in [-0.4, -0.2) is 64.1 Å². The molecule has 2 aromatic heterocycles. The Morgan fingerprint density at radius 3 is 2.69 bits per heavy atom. The zero-order valence-electron chi connectivity index (χ0n) is 30.4. The van der Waals surface area contributed by atoms with Crippen molar-refractivity contribution in [3.63, 3.8) is 0 Å². The number of esters is 1. The number of nitrogens with one attached hydrogen (secondary N) is 3. The summed E-state index contributed by atoms with van der Waals surface area (Å²) in [6.45, 7) is 3.92. The number of ketones is 1. The number of aromatic hydroxyl groups is 1. The average Bonchev–Trinajstić information content (AvgIpc) is 3.94. The van der Waals surface area contributed by atoms with Gasteiger partial charge in [-0.15, -0.1) is 11.3 Å². The molecular formula is C43H48N4O6S. The van der Waals surface area contributed by atoms with E-state index in [0.717, 1.165) is 72.6 Å². The maximum Gasteiger partial charge on any atom is 0.331 e. The summed E-state index contributed by atoms with van der Waals surface area (Å²) in [6.07, 6.45) is 4.23. The summed E-state index contributed by atoms with van der Waals surface area (Å²) in [7, 11) is 0. The van der Waals surface area contributed by atoms with Crippen molar-refractivity contribution in [2.75, 3.05) is 26.2 Å². The van der Waals surface area contributed by atoms with Gasteiger partial charge in [-0.25, -0.2) is 4.79 Å². The number of H-pyrrole nitrogens is 1. The van der Waals surface area contributed by atoms with Crippen LogP contribution in [0.2, 0.25) is 0 Å². The van der Waals surface area contributed by atoms with Gasteiger partial charge >= 0.3 is 5.97 Å². The lowest BCUT2D eigenvalue weighted by Gasteiger charge is -2.31. The highest BCUT2D eigenvalue weighted by Gasteiger charge is 2.47. The fraction of sp³-hybridized carbons (Fsp3) is 0.372. The van der Waals surface area contributed by atoms with Crippen LogP contribution in [0.25, 0.3) is 10.9 Å². The Kier molecular flexibility index (Phi) is 12.0. The minimum atomic E-state index is -0.931. The molecule has 3 aromatic carbocycles. The van der Waals surface area contributed by atoms with Gasteiger partial charge in [-0.3, -0.25) is 19.8 Å². The number of phenolic OH excluding ortho intramolecular Hbond substituents is 1. The number of thiophene rings is 1. The number of hydrogen-bond acceptors (Lipinski definition) is 10. The fourth-order valence-corrected chi connectivity index (χ4v) is 8.72. The number of aliphatic hydroxyl groups excluding tert-OH is 1. The van der Waals surface area contributed by atoms with E-state index in [1.807, 2.05) is 36.4 Å². The Bertz CT molecular complexity index is 2130. The molecule has 1 fully saturated rings. The number of Topliss-reactive ketones (excluding diaryl/α,β-unsaturated/α-hetero) is 1. The van der Waals surface area contributed by atoms with Crippen LogP contribution in [0.15, 0.2) is 95.8 Å². The van der Waals surface area contributed by atoms with Crippen molar-refractivity contribution in [2.24, 2.45) is 0 Å². The summed E-state index contributed by atoms with van der Waals surface area (Å²) in [6, 6.07) is 28.5. The minimum absolute atomic E-state index is 0.0383. The number of aromatic nitrogens is 1. The fourth-order valence-electron chi connectivity index (χ4n) is 7.80. The van der Waals surface area contributed by atoms with Gasteiger partial charge in [-0.1, -0.05) is 67.1 Å². The summed E-state index contributed by atoms with van der Waals surface area (Å²) in [5, 5.41) is 28.4. The van der Waals surface area contributed by atoms with E-state index in [1.54, 1.807) is 12.1 Å². The third kappa shape index (κ3) is 8.66. The molecule has 1 aliphatic carbocycles. The standard InChI is InChI=1S/C43H48N4O6S/c48-36(13-5-2-8-23-44-26-38(50)33-15-17-37(49)41-34(33)16-19-40(51)46-41)39-18-14-32(54-39)25-45-43(22-20-30-11-6-7-12-35(30)43)42(52)53-31-21-24-47(28-31)27-29-9-3-1-4-10-29/h1,3-4,6-7,9-12,14-19,31,38,44-45,49-50H,2,5,8,13,20-28H2,(H,46,51)/t31-,38+,43?/m1/s1. The topological polar surface area (TPSA) is 144 Å². The molecule has 7 rings (SSSR count). The van der Waals surface area contributed by atoms with Gasteiger partial charge < -0.3 is 25.3 Å². The average molecular weight is 749 g/mol. The van der Waals surface area contributed by atoms with Gasteiger partial charge in [0.2, 0.25) is 5.56 Å². The monoisotopic (exact) mass is 748 g/mol. The quantitative estimate of drug-likeness (QED) is 0.0433. The highest BCUT2D eigenvalue weighted by Crippen LogP contribution is 2.39. The van der Waals surface area contributed by atoms with Crippen molar-refractivity contribution in [1.29, 1.82) is 0 Å². The minimum Gasteiger partial charge on any atom is -0.506 e. The number of carbonyl (C=O) groups excluding carboxylic acids is 2. The van der Waals surface area contributed by atoms with Crippen LogP contribution in [-0.2, 0) is 34.6 Å². The van der Waals surface area contributed by atoms with Crippen LogP contribution >= 0.6 is 11.3 Å². The SMILES string of the molecule is O=C(CCCCCNC[C@H](O)c1ccc(O)c2[nH]c(=O)ccc12)c1ccc(CNC2(C(=O)O[C@@H]3CCN(Cc4ccccc4)C3)CCc3ccccc32)s1. The van der Waals surface area contributed by atoms with Gasteiger partial charge in [-0.05, 0) is 85.2 Å². The number of aryl methyl sites for hydroxylation is 1. The molecule has 5 aromatic rings. The number of benzene rings is 3. The van der Waals surface area contributed by atoms with Gasteiger partial charge in [0.05, 0.1) is 16.5 Å². The number of ether oxygens (including phenoxy) is 1. The van der Waals surface area contributed by atoms with E-state index in [1.165, 1.54) is 29.0 Å². The number of pyridine rings is 1. The third-order valence-electron chi connectivity index (χ3n) is 10.7. The van der Waals surface area contributed by atoms with Gasteiger partial charge in [0.25, 0.3) is 0 Å². The molecule has 54 heavy (non-hydrogen) atoms. The highest BCUT2D eigenvalue weighted by molar-refractivity contribution is 7.14. The third-order valence-corrected chi connectivity index (χ3v) is 11.8. The van der Waals surface area contributed by atoms with E-state index in [4.69, 9.17) is 4.74 Å². The molecule has 3 atom stereocenters. The van der Waals surface area contributed by atoms with Gasteiger partial charge in [0, 0.05) is 55.5 Å². The summed E-state index contributed by atoms with van der Waals surface area (Å²) in [4.78, 5) is 45.6. The molecule has 1 saturated heterocycles.